The fourth-order valence-corrected chi connectivity index (χ4v) is 4.16. The molecule has 1 aliphatic rings. The highest BCUT2D eigenvalue weighted by Crippen LogP contribution is 2.20. The first kappa shape index (κ1) is 13.5. The van der Waals surface area contributed by atoms with Crippen molar-refractivity contribution >= 4 is 21.4 Å². The van der Waals surface area contributed by atoms with Crippen LogP contribution in [0.5, 0.6) is 0 Å². The quantitative estimate of drug-likeness (QED) is 0.847. The van der Waals surface area contributed by atoms with E-state index in [1.807, 2.05) is 6.07 Å². The summed E-state index contributed by atoms with van der Waals surface area (Å²) in [6, 6.07) is 5.36. The Kier molecular flexibility index (Phi) is 4.35. The summed E-state index contributed by atoms with van der Waals surface area (Å²) >= 11 is 0.995. The molecule has 2 N–H and O–H groups in total. The number of thiophene rings is 1. The molecule has 0 spiro atoms. The Morgan fingerprint density at radius 1 is 1.56 bits per heavy atom. The lowest BCUT2D eigenvalue weighted by molar-refractivity contribution is 0.540. The molecule has 2 heterocycles. The summed E-state index contributed by atoms with van der Waals surface area (Å²) in [7, 11) is -3.45. The van der Waals surface area contributed by atoms with Crippen molar-refractivity contribution in [2.45, 2.75) is 29.5 Å². The van der Waals surface area contributed by atoms with Crippen molar-refractivity contribution in [3.05, 3.63) is 17.0 Å². The van der Waals surface area contributed by atoms with Gasteiger partial charge in [-0.3, -0.25) is 0 Å². The summed E-state index contributed by atoms with van der Waals surface area (Å²) in [5, 5.41) is 12.0. The highest BCUT2D eigenvalue weighted by atomic mass is 32.2. The van der Waals surface area contributed by atoms with E-state index in [4.69, 9.17) is 5.26 Å². The SMILES string of the molecule is N#Cc1ccc(S(=O)(=O)NCC[C@H]2CCCN2)s1. The zero-order valence-electron chi connectivity index (χ0n) is 9.85. The molecule has 1 atom stereocenters. The maximum Gasteiger partial charge on any atom is 0.250 e. The number of hydrogen-bond acceptors (Lipinski definition) is 5. The number of hydrogen-bond donors (Lipinski definition) is 2. The van der Waals surface area contributed by atoms with E-state index in [0.29, 0.717) is 17.5 Å². The van der Waals surface area contributed by atoms with Crippen LogP contribution in [0.2, 0.25) is 0 Å². The number of nitrogens with one attached hydrogen (secondary N) is 2. The summed E-state index contributed by atoms with van der Waals surface area (Å²) in [5.41, 5.74) is 0. The van der Waals surface area contributed by atoms with Crippen molar-refractivity contribution in [3.63, 3.8) is 0 Å². The largest absolute Gasteiger partial charge is 0.314 e. The normalized spacial score (nSPS) is 19.8. The van der Waals surface area contributed by atoms with Crippen LogP contribution < -0.4 is 10.0 Å². The topological polar surface area (TPSA) is 82.0 Å². The van der Waals surface area contributed by atoms with E-state index < -0.39 is 10.0 Å². The summed E-state index contributed by atoms with van der Waals surface area (Å²) in [4.78, 5) is 0.410. The minimum Gasteiger partial charge on any atom is -0.314 e. The van der Waals surface area contributed by atoms with Gasteiger partial charge in [0.15, 0.2) is 0 Å². The van der Waals surface area contributed by atoms with Crippen molar-refractivity contribution in [1.29, 1.82) is 5.26 Å². The molecule has 0 saturated carbocycles. The Labute approximate surface area is 111 Å². The van der Waals surface area contributed by atoms with Crippen molar-refractivity contribution < 1.29 is 8.42 Å². The van der Waals surface area contributed by atoms with Crippen LogP contribution in [0.25, 0.3) is 0 Å². The molecular formula is C11H15N3O2S2. The maximum absolute atomic E-state index is 11.9. The van der Waals surface area contributed by atoms with Crippen molar-refractivity contribution in [3.8, 4) is 6.07 Å². The van der Waals surface area contributed by atoms with Gasteiger partial charge >= 0.3 is 0 Å². The molecular weight excluding hydrogens is 270 g/mol. The molecule has 1 aromatic heterocycles. The first-order valence-electron chi connectivity index (χ1n) is 5.85. The van der Waals surface area contributed by atoms with Crippen LogP contribution in [-0.2, 0) is 10.0 Å². The fourth-order valence-electron chi connectivity index (χ4n) is 1.97. The van der Waals surface area contributed by atoms with Crippen LogP contribution in [-0.4, -0.2) is 27.5 Å². The number of nitriles is 1. The van der Waals surface area contributed by atoms with E-state index in [1.54, 1.807) is 0 Å². The zero-order valence-corrected chi connectivity index (χ0v) is 11.5. The van der Waals surface area contributed by atoms with E-state index in [-0.39, 0.29) is 4.21 Å². The first-order valence-corrected chi connectivity index (χ1v) is 8.15. The van der Waals surface area contributed by atoms with Gasteiger partial charge in [-0.05, 0) is 37.9 Å². The third kappa shape index (κ3) is 3.29. The van der Waals surface area contributed by atoms with E-state index >= 15 is 0 Å². The average molecular weight is 285 g/mol. The monoisotopic (exact) mass is 285 g/mol. The molecule has 2 rings (SSSR count). The van der Waals surface area contributed by atoms with Gasteiger partial charge in [-0.2, -0.15) is 5.26 Å². The molecule has 5 nitrogen and oxygen atoms in total. The van der Waals surface area contributed by atoms with E-state index in [9.17, 15) is 8.42 Å². The Bertz CT molecular complexity index is 539. The van der Waals surface area contributed by atoms with Gasteiger partial charge in [-0.15, -0.1) is 11.3 Å². The van der Waals surface area contributed by atoms with Gasteiger partial charge < -0.3 is 5.32 Å². The van der Waals surface area contributed by atoms with Crippen LogP contribution >= 0.6 is 11.3 Å². The van der Waals surface area contributed by atoms with Gasteiger partial charge in [0, 0.05) is 12.6 Å². The number of nitrogens with zero attached hydrogens (tertiary/aromatic N) is 1. The van der Waals surface area contributed by atoms with Crippen LogP contribution in [0.4, 0.5) is 0 Å². The second kappa shape index (κ2) is 5.80. The predicted molar refractivity (Wildman–Crippen MR) is 69.9 cm³/mol. The van der Waals surface area contributed by atoms with E-state index in [1.165, 1.54) is 12.1 Å². The lowest BCUT2D eigenvalue weighted by Crippen LogP contribution is -2.30. The molecule has 7 heteroatoms. The molecule has 0 aromatic carbocycles. The minimum absolute atomic E-state index is 0.207. The summed E-state index contributed by atoms with van der Waals surface area (Å²) in [5.74, 6) is 0. The Morgan fingerprint density at radius 2 is 2.39 bits per heavy atom. The molecule has 98 valence electrons. The maximum atomic E-state index is 11.9. The van der Waals surface area contributed by atoms with Crippen molar-refractivity contribution in [1.82, 2.24) is 10.0 Å². The minimum atomic E-state index is -3.45. The lowest BCUT2D eigenvalue weighted by atomic mass is 10.2. The standard InChI is InChI=1S/C11H15N3O2S2/c12-8-10-3-4-11(17-10)18(15,16)14-7-5-9-2-1-6-13-9/h3-4,9,13-14H,1-2,5-7H2/t9-/m1/s1. The molecule has 18 heavy (non-hydrogen) atoms. The van der Waals surface area contributed by atoms with Crippen LogP contribution in [0.15, 0.2) is 16.3 Å². The smallest absolute Gasteiger partial charge is 0.250 e. The van der Waals surface area contributed by atoms with Gasteiger partial charge in [0.25, 0.3) is 0 Å². The molecule has 1 saturated heterocycles. The molecule has 0 unspecified atom stereocenters. The fraction of sp³-hybridized carbons (Fsp3) is 0.545. The molecule has 1 fully saturated rings. The second-order valence-corrected chi connectivity index (χ2v) is 7.29. The highest BCUT2D eigenvalue weighted by molar-refractivity contribution is 7.91. The van der Waals surface area contributed by atoms with Crippen LogP contribution in [0.1, 0.15) is 24.1 Å². The molecule has 0 radical (unpaired) electrons. The Hall–Kier alpha value is -0.940. The molecule has 0 bridgehead atoms. The lowest BCUT2D eigenvalue weighted by Gasteiger charge is -2.10. The molecule has 1 aliphatic heterocycles. The van der Waals surface area contributed by atoms with E-state index in [2.05, 4.69) is 10.0 Å². The van der Waals surface area contributed by atoms with Gasteiger partial charge in [-0.1, -0.05) is 0 Å². The summed E-state index contributed by atoms with van der Waals surface area (Å²) in [6.45, 7) is 1.45. The van der Waals surface area contributed by atoms with Crippen molar-refractivity contribution in [2.75, 3.05) is 13.1 Å². The van der Waals surface area contributed by atoms with Gasteiger partial charge in [-0.25, -0.2) is 13.1 Å². The molecule has 1 aromatic rings. The summed E-state index contributed by atoms with van der Waals surface area (Å²) in [6.07, 6.45) is 3.07. The Morgan fingerprint density at radius 3 is 3.00 bits per heavy atom. The third-order valence-corrected chi connectivity index (χ3v) is 5.85. The van der Waals surface area contributed by atoms with Gasteiger partial charge in [0.05, 0.1) is 0 Å². The molecule has 0 amide bonds. The highest BCUT2D eigenvalue weighted by Gasteiger charge is 2.18. The summed E-state index contributed by atoms with van der Waals surface area (Å²) < 4.78 is 26.6. The average Bonchev–Trinajstić information content (AvgIpc) is 2.99. The predicted octanol–water partition coefficient (Wildman–Crippen LogP) is 1.04. The second-order valence-electron chi connectivity index (χ2n) is 4.21. The van der Waals surface area contributed by atoms with Crippen molar-refractivity contribution in [2.24, 2.45) is 0 Å². The number of rotatable bonds is 5. The van der Waals surface area contributed by atoms with Crippen LogP contribution in [0.3, 0.4) is 0 Å². The van der Waals surface area contributed by atoms with E-state index in [0.717, 1.165) is 37.1 Å². The molecule has 0 aliphatic carbocycles. The van der Waals surface area contributed by atoms with Crippen LogP contribution in [0, 0.1) is 11.3 Å². The van der Waals surface area contributed by atoms with Gasteiger partial charge in [0.2, 0.25) is 10.0 Å². The third-order valence-electron chi connectivity index (χ3n) is 2.90. The first-order chi connectivity index (χ1) is 8.62. The Balaban J connectivity index is 1.89. The number of sulfonamides is 1. The van der Waals surface area contributed by atoms with Gasteiger partial charge in [0.1, 0.15) is 15.2 Å². The zero-order chi connectivity index (χ0) is 13.0.